The molecule has 0 saturated carbocycles. The number of nitrogen functional groups attached to an aromatic ring is 1. The minimum atomic E-state index is -0.0740. The van der Waals surface area contributed by atoms with Crippen molar-refractivity contribution < 1.29 is 4.79 Å². The first-order valence-electron chi connectivity index (χ1n) is 6.28. The third kappa shape index (κ3) is 3.09. The standard InChI is InChI=1S/C14H17BrN2OS/c1-3-8(2)7-17-14(18)13-12(16)10-5-4-9(15)6-11(10)19-13/h4-6,8H,3,7,16H2,1-2H3,(H,17,18). The van der Waals surface area contributed by atoms with Gasteiger partial charge in [-0.25, -0.2) is 0 Å². The highest BCUT2D eigenvalue weighted by Crippen LogP contribution is 2.35. The fourth-order valence-corrected chi connectivity index (χ4v) is 3.34. The van der Waals surface area contributed by atoms with E-state index in [1.54, 1.807) is 0 Å². The summed E-state index contributed by atoms with van der Waals surface area (Å²) in [6.45, 7) is 4.92. The van der Waals surface area contributed by atoms with Crippen molar-refractivity contribution in [2.45, 2.75) is 20.3 Å². The number of hydrogen-bond donors (Lipinski definition) is 2. The first-order valence-corrected chi connectivity index (χ1v) is 7.89. The second-order valence-electron chi connectivity index (χ2n) is 4.71. The molecule has 5 heteroatoms. The van der Waals surface area contributed by atoms with Gasteiger partial charge in [-0.05, 0) is 18.1 Å². The molecule has 1 aromatic heterocycles. The molecule has 1 heterocycles. The van der Waals surface area contributed by atoms with E-state index >= 15 is 0 Å². The average Bonchev–Trinajstić information content (AvgIpc) is 2.72. The average molecular weight is 341 g/mol. The van der Waals surface area contributed by atoms with Crippen molar-refractivity contribution in [1.82, 2.24) is 5.32 Å². The molecule has 0 radical (unpaired) electrons. The van der Waals surface area contributed by atoms with Crippen molar-refractivity contribution in [2.24, 2.45) is 5.92 Å². The topological polar surface area (TPSA) is 55.1 Å². The lowest BCUT2D eigenvalue weighted by Crippen LogP contribution is -2.27. The minimum absolute atomic E-state index is 0.0740. The van der Waals surface area contributed by atoms with Gasteiger partial charge in [0.15, 0.2) is 0 Å². The molecule has 0 fully saturated rings. The van der Waals surface area contributed by atoms with E-state index in [0.29, 0.717) is 23.0 Å². The first-order chi connectivity index (χ1) is 9.02. The molecule has 102 valence electrons. The molecule has 0 aliphatic carbocycles. The van der Waals surface area contributed by atoms with Gasteiger partial charge in [0.1, 0.15) is 4.88 Å². The second-order valence-corrected chi connectivity index (χ2v) is 6.68. The van der Waals surface area contributed by atoms with E-state index in [1.165, 1.54) is 11.3 Å². The Balaban J connectivity index is 2.25. The van der Waals surface area contributed by atoms with Gasteiger partial charge in [-0.2, -0.15) is 0 Å². The number of halogens is 1. The summed E-state index contributed by atoms with van der Waals surface area (Å²) in [5.41, 5.74) is 6.64. The summed E-state index contributed by atoms with van der Waals surface area (Å²) in [4.78, 5) is 12.8. The highest BCUT2D eigenvalue weighted by atomic mass is 79.9. The molecule has 1 amide bonds. The van der Waals surface area contributed by atoms with Crippen LogP contribution in [0.5, 0.6) is 0 Å². The van der Waals surface area contributed by atoms with Crippen LogP contribution in [0.1, 0.15) is 29.9 Å². The molecular formula is C14H17BrN2OS. The Bertz CT molecular complexity index is 609. The van der Waals surface area contributed by atoms with E-state index in [1.807, 2.05) is 18.2 Å². The number of rotatable bonds is 4. The molecule has 0 bridgehead atoms. The summed E-state index contributed by atoms with van der Waals surface area (Å²) < 4.78 is 2.02. The normalized spacial score (nSPS) is 12.6. The van der Waals surface area contributed by atoms with Crippen LogP contribution in [0.15, 0.2) is 22.7 Å². The molecule has 1 atom stereocenters. The molecule has 19 heavy (non-hydrogen) atoms. The van der Waals surface area contributed by atoms with Crippen LogP contribution in [0.25, 0.3) is 10.1 Å². The van der Waals surface area contributed by atoms with E-state index in [0.717, 1.165) is 21.0 Å². The maximum atomic E-state index is 12.1. The van der Waals surface area contributed by atoms with Gasteiger partial charge in [0, 0.05) is 21.1 Å². The van der Waals surface area contributed by atoms with Gasteiger partial charge >= 0.3 is 0 Å². The van der Waals surface area contributed by atoms with Crippen LogP contribution >= 0.6 is 27.3 Å². The number of amides is 1. The maximum Gasteiger partial charge on any atom is 0.263 e. The third-order valence-corrected chi connectivity index (χ3v) is 4.87. The van der Waals surface area contributed by atoms with Crippen molar-refractivity contribution in [3.05, 3.63) is 27.5 Å². The summed E-state index contributed by atoms with van der Waals surface area (Å²) >= 11 is 4.87. The monoisotopic (exact) mass is 340 g/mol. The summed E-state index contributed by atoms with van der Waals surface area (Å²) in [6, 6.07) is 5.87. The van der Waals surface area contributed by atoms with Gasteiger partial charge in [0.25, 0.3) is 5.91 Å². The largest absolute Gasteiger partial charge is 0.397 e. The smallest absolute Gasteiger partial charge is 0.263 e. The molecule has 0 spiro atoms. The van der Waals surface area contributed by atoms with Crippen LogP contribution in [0.3, 0.4) is 0 Å². The number of carbonyl (C=O) groups is 1. The molecule has 3 N–H and O–H groups in total. The van der Waals surface area contributed by atoms with Gasteiger partial charge in [-0.15, -0.1) is 11.3 Å². The minimum Gasteiger partial charge on any atom is -0.397 e. The number of nitrogens with two attached hydrogens (primary N) is 1. The van der Waals surface area contributed by atoms with Gasteiger partial charge in [0.05, 0.1) is 5.69 Å². The van der Waals surface area contributed by atoms with Crippen molar-refractivity contribution in [3.8, 4) is 0 Å². The maximum absolute atomic E-state index is 12.1. The van der Waals surface area contributed by atoms with Crippen molar-refractivity contribution in [3.63, 3.8) is 0 Å². The lowest BCUT2D eigenvalue weighted by molar-refractivity contribution is 0.0953. The van der Waals surface area contributed by atoms with Crippen molar-refractivity contribution >= 4 is 48.9 Å². The fourth-order valence-electron chi connectivity index (χ4n) is 1.75. The van der Waals surface area contributed by atoms with Crippen LogP contribution in [-0.4, -0.2) is 12.5 Å². The number of fused-ring (bicyclic) bond motifs is 1. The Morgan fingerprint density at radius 2 is 2.26 bits per heavy atom. The number of benzene rings is 1. The van der Waals surface area contributed by atoms with Gasteiger partial charge < -0.3 is 11.1 Å². The van der Waals surface area contributed by atoms with E-state index in [-0.39, 0.29) is 5.91 Å². The molecular weight excluding hydrogens is 324 g/mol. The molecule has 2 rings (SSSR count). The molecule has 3 nitrogen and oxygen atoms in total. The highest BCUT2D eigenvalue weighted by Gasteiger charge is 2.16. The lowest BCUT2D eigenvalue weighted by Gasteiger charge is -2.09. The molecule has 2 aromatic rings. The van der Waals surface area contributed by atoms with Gasteiger partial charge in [-0.3, -0.25) is 4.79 Å². The zero-order valence-corrected chi connectivity index (χ0v) is 13.4. The Morgan fingerprint density at radius 1 is 1.53 bits per heavy atom. The van der Waals surface area contributed by atoms with Crippen LogP contribution in [0.4, 0.5) is 5.69 Å². The predicted molar refractivity (Wildman–Crippen MR) is 85.7 cm³/mol. The molecule has 1 aromatic carbocycles. The Morgan fingerprint density at radius 3 is 2.95 bits per heavy atom. The van der Waals surface area contributed by atoms with Crippen LogP contribution in [-0.2, 0) is 0 Å². The zero-order valence-electron chi connectivity index (χ0n) is 11.0. The quantitative estimate of drug-likeness (QED) is 0.882. The Hall–Kier alpha value is -1.07. The van der Waals surface area contributed by atoms with E-state index in [4.69, 9.17) is 5.73 Å². The zero-order chi connectivity index (χ0) is 14.0. The second kappa shape index (κ2) is 5.92. The Labute approximate surface area is 125 Å². The summed E-state index contributed by atoms with van der Waals surface area (Å²) in [7, 11) is 0. The fraction of sp³-hybridized carbons (Fsp3) is 0.357. The Kier molecular flexibility index (Phi) is 4.47. The van der Waals surface area contributed by atoms with Crippen LogP contribution < -0.4 is 11.1 Å². The lowest BCUT2D eigenvalue weighted by atomic mass is 10.1. The predicted octanol–water partition coefficient (Wildman–Crippen LogP) is 4.02. The summed E-state index contributed by atoms with van der Waals surface area (Å²) in [5, 5.41) is 3.89. The van der Waals surface area contributed by atoms with E-state index in [2.05, 4.69) is 35.1 Å². The molecule has 0 saturated heterocycles. The van der Waals surface area contributed by atoms with Gasteiger partial charge in [0.2, 0.25) is 0 Å². The van der Waals surface area contributed by atoms with Crippen molar-refractivity contribution in [1.29, 1.82) is 0 Å². The summed E-state index contributed by atoms with van der Waals surface area (Å²) in [5.74, 6) is 0.406. The summed E-state index contributed by atoms with van der Waals surface area (Å²) in [6.07, 6.45) is 1.05. The number of carbonyl (C=O) groups excluding carboxylic acids is 1. The molecule has 1 unspecified atom stereocenters. The number of nitrogens with one attached hydrogen (secondary N) is 1. The van der Waals surface area contributed by atoms with Gasteiger partial charge in [-0.1, -0.05) is 42.3 Å². The SMILES string of the molecule is CCC(C)CNC(=O)c1sc2cc(Br)ccc2c1N. The van der Waals surface area contributed by atoms with E-state index < -0.39 is 0 Å². The molecule has 0 aliphatic heterocycles. The number of anilines is 1. The first kappa shape index (κ1) is 14.3. The highest BCUT2D eigenvalue weighted by molar-refractivity contribution is 9.10. The van der Waals surface area contributed by atoms with E-state index in [9.17, 15) is 4.79 Å². The van der Waals surface area contributed by atoms with Crippen LogP contribution in [0, 0.1) is 5.92 Å². The van der Waals surface area contributed by atoms with Crippen molar-refractivity contribution in [2.75, 3.05) is 12.3 Å². The number of hydrogen-bond acceptors (Lipinski definition) is 3. The number of thiophene rings is 1. The van der Waals surface area contributed by atoms with Crippen LogP contribution in [0.2, 0.25) is 0 Å². The third-order valence-electron chi connectivity index (χ3n) is 3.20. The molecule has 0 aliphatic rings.